The number of H-pyrrole nitrogens is 1. The summed E-state index contributed by atoms with van der Waals surface area (Å²) in [6.07, 6.45) is 2.34. The van der Waals surface area contributed by atoms with Crippen molar-refractivity contribution in [2.75, 3.05) is 5.32 Å². The summed E-state index contributed by atoms with van der Waals surface area (Å²) in [5.41, 5.74) is 5.23. The monoisotopic (exact) mass is 415 g/mol. The summed E-state index contributed by atoms with van der Waals surface area (Å²) < 4.78 is 14.1. The SMILES string of the molecule is CC1(C)Cc2ccc(NC(=O)c3n[nH]c4ccc(-c5cccnc5F)cc34)cc2CN1. The van der Waals surface area contributed by atoms with Crippen molar-refractivity contribution in [1.29, 1.82) is 0 Å². The lowest BCUT2D eigenvalue weighted by Gasteiger charge is -2.33. The van der Waals surface area contributed by atoms with Gasteiger partial charge in [-0.05, 0) is 73.4 Å². The van der Waals surface area contributed by atoms with Crippen LogP contribution in [0.4, 0.5) is 10.1 Å². The Bertz CT molecular complexity index is 1310. The van der Waals surface area contributed by atoms with Crippen LogP contribution in [0.1, 0.15) is 35.5 Å². The second kappa shape index (κ2) is 7.28. The fraction of sp³-hybridized carbons (Fsp3) is 0.208. The van der Waals surface area contributed by atoms with Gasteiger partial charge >= 0.3 is 0 Å². The van der Waals surface area contributed by atoms with Gasteiger partial charge in [-0.15, -0.1) is 0 Å². The van der Waals surface area contributed by atoms with E-state index < -0.39 is 5.95 Å². The van der Waals surface area contributed by atoms with E-state index in [-0.39, 0.29) is 17.1 Å². The van der Waals surface area contributed by atoms with Crippen molar-refractivity contribution in [2.45, 2.75) is 32.4 Å². The number of rotatable bonds is 3. The zero-order valence-corrected chi connectivity index (χ0v) is 17.3. The molecule has 0 saturated carbocycles. The molecule has 2 aromatic carbocycles. The number of amides is 1. The van der Waals surface area contributed by atoms with Crippen molar-refractivity contribution in [1.82, 2.24) is 20.5 Å². The Morgan fingerprint density at radius 3 is 2.84 bits per heavy atom. The van der Waals surface area contributed by atoms with Crippen molar-refractivity contribution < 1.29 is 9.18 Å². The molecule has 3 N–H and O–H groups in total. The van der Waals surface area contributed by atoms with E-state index in [2.05, 4.69) is 45.7 Å². The Labute approximate surface area is 178 Å². The van der Waals surface area contributed by atoms with Gasteiger partial charge in [0, 0.05) is 34.9 Å². The highest BCUT2D eigenvalue weighted by molar-refractivity contribution is 6.11. The Balaban J connectivity index is 1.44. The van der Waals surface area contributed by atoms with Crippen LogP contribution < -0.4 is 10.6 Å². The third kappa shape index (κ3) is 3.68. The van der Waals surface area contributed by atoms with E-state index in [0.29, 0.717) is 22.0 Å². The van der Waals surface area contributed by atoms with Gasteiger partial charge in [0.25, 0.3) is 5.91 Å². The molecule has 0 fully saturated rings. The molecule has 0 atom stereocenters. The van der Waals surface area contributed by atoms with Crippen LogP contribution in [-0.2, 0) is 13.0 Å². The molecule has 0 unspecified atom stereocenters. The molecule has 1 amide bonds. The van der Waals surface area contributed by atoms with E-state index in [0.717, 1.165) is 18.7 Å². The first-order chi connectivity index (χ1) is 14.9. The summed E-state index contributed by atoms with van der Waals surface area (Å²) in [7, 11) is 0. The zero-order valence-electron chi connectivity index (χ0n) is 17.3. The number of aromatic amines is 1. The highest BCUT2D eigenvalue weighted by Gasteiger charge is 2.24. The smallest absolute Gasteiger partial charge is 0.276 e. The molecule has 4 aromatic rings. The summed E-state index contributed by atoms with van der Waals surface area (Å²) in [5.74, 6) is -0.874. The number of benzene rings is 2. The molecular weight excluding hydrogens is 393 g/mol. The normalized spacial score (nSPS) is 14.9. The number of nitrogens with zero attached hydrogens (tertiary/aromatic N) is 2. The number of carbonyl (C=O) groups excluding carboxylic acids is 1. The molecule has 3 heterocycles. The largest absolute Gasteiger partial charge is 0.321 e. The van der Waals surface area contributed by atoms with Crippen LogP contribution in [0.25, 0.3) is 22.0 Å². The second-order valence-corrected chi connectivity index (χ2v) is 8.53. The quantitative estimate of drug-likeness (QED) is 0.432. The number of halogens is 1. The minimum Gasteiger partial charge on any atom is -0.321 e. The van der Waals surface area contributed by atoms with Gasteiger partial charge in [0.05, 0.1) is 5.52 Å². The summed E-state index contributed by atoms with van der Waals surface area (Å²) in [4.78, 5) is 16.7. The Morgan fingerprint density at radius 1 is 1.13 bits per heavy atom. The third-order valence-electron chi connectivity index (χ3n) is 5.70. The molecule has 1 aliphatic rings. The van der Waals surface area contributed by atoms with Gasteiger partial charge in [-0.2, -0.15) is 9.49 Å². The van der Waals surface area contributed by atoms with E-state index in [1.165, 1.54) is 17.3 Å². The predicted octanol–water partition coefficient (Wildman–Crippen LogP) is 4.44. The van der Waals surface area contributed by atoms with Gasteiger partial charge in [-0.25, -0.2) is 4.98 Å². The minimum absolute atomic E-state index is 0.0666. The number of nitrogens with one attached hydrogen (secondary N) is 3. The number of hydrogen-bond donors (Lipinski definition) is 3. The topological polar surface area (TPSA) is 82.7 Å². The lowest BCUT2D eigenvalue weighted by molar-refractivity contribution is 0.102. The van der Waals surface area contributed by atoms with E-state index in [1.807, 2.05) is 12.1 Å². The van der Waals surface area contributed by atoms with Gasteiger partial charge in [0.2, 0.25) is 5.95 Å². The summed E-state index contributed by atoms with van der Waals surface area (Å²) in [5, 5.41) is 14.1. The Kier molecular flexibility index (Phi) is 4.55. The second-order valence-electron chi connectivity index (χ2n) is 8.53. The first-order valence-corrected chi connectivity index (χ1v) is 10.2. The van der Waals surface area contributed by atoms with Crippen LogP contribution >= 0.6 is 0 Å². The van der Waals surface area contributed by atoms with Crippen molar-refractivity contribution >= 4 is 22.5 Å². The molecule has 2 aromatic heterocycles. The maximum Gasteiger partial charge on any atom is 0.276 e. The molecule has 7 heteroatoms. The summed E-state index contributed by atoms with van der Waals surface area (Å²) >= 11 is 0. The van der Waals surface area contributed by atoms with Crippen LogP contribution in [0.2, 0.25) is 0 Å². The average molecular weight is 415 g/mol. The fourth-order valence-electron chi connectivity index (χ4n) is 4.06. The Morgan fingerprint density at radius 2 is 2.00 bits per heavy atom. The first-order valence-electron chi connectivity index (χ1n) is 10.2. The fourth-order valence-corrected chi connectivity index (χ4v) is 4.06. The van der Waals surface area contributed by atoms with Crippen LogP contribution in [0.15, 0.2) is 54.7 Å². The van der Waals surface area contributed by atoms with E-state index >= 15 is 0 Å². The minimum atomic E-state index is -0.554. The lowest BCUT2D eigenvalue weighted by Crippen LogP contribution is -2.44. The molecule has 0 bridgehead atoms. The highest BCUT2D eigenvalue weighted by atomic mass is 19.1. The number of fused-ring (bicyclic) bond motifs is 2. The number of anilines is 1. The first kappa shape index (κ1) is 19.4. The van der Waals surface area contributed by atoms with Crippen molar-refractivity contribution in [3.8, 4) is 11.1 Å². The van der Waals surface area contributed by atoms with Gasteiger partial charge in [0.1, 0.15) is 0 Å². The Hall–Kier alpha value is -3.58. The zero-order chi connectivity index (χ0) is 21.6. The lowest BCUT2D eigenvalue weighted by atomic mass is 9.87. The number of pyridine rings is 1. The van der Waals surface area contributed by atoms with Gasteiger partial charge < -0.3 is 10.6 Å². The molecule has 0 aliphatic carbocycles. The molecule has 5 rings (SSSR count). The molecule has 1 aliphatic heterocycles. The number of aromatic nitrogens is 3. The van der Waals surface area contributed by atoms with Gasteiger partial charge in [-0.3, -0.25) is 9.89 Å². The van der Waals surface area contributed by atoms with E-state index in [4.69, 9.17) is 0 Å². The van der Waals surface area contributed by atoms with Crippen LogP contribution in [0, 0.1) is 5.95 Å². The molecular formula is C24H22FN5O. The highest BCUT2D eigenvalue weighted by Crippen LogP contribution is 2.28. The van der Waals surface area contributed by atoms with Crippen LogP contribution in [-0.4, -0.2) is 26.6 Å². The van der Waals surface area contributed by atoms with Crippen LogP contribution in [0.3, 0.4) is 0 Å². The molecule has 0 saturated heterocycles. The third-order valence-corrected chi connectivity index (χ3v) is 5.70. The van der Waals surface area contributed by atoms with Crippen molar-refractivity contribution in [3.63, 3.8) is 0 Å². The number of hydrogen-bond acceptors (Lipinski definition) is 4. The number of carbonyl (C=O) groups is 1. The van der Waals surface area contributed by atoms with Crippen molar-refractivity contribution in [3.05, 3.63) is 77.5 Å². The molecule has 0 radical (unpaired) electrons. The standard InChI is InChI=1S/C24H22FN5O/c1-24(2)12-15-5-7-17(10-16(15)13-27-24)28-23(31)21-19-11-14(6-8-20(19)29-30-21)18-4-3-9-26-22(18)25/h3-11,27H,12-13H2,1-2H3,(H,28,31)(H,29,30). The average Bonchev–Trinajstić information content (AvgIpc) is 3.17. The molecule has 31 heavy (non-hydrogen) atoms. The van der Waals surface area contributed by atoms with Crippen LogP contribution in [0.5, 0.6) is 0 Å². The summed E-state index contributed by atoms with van der Waals surface area (Å²) in [6, 6.07) is 14.6. The molecule has 0 spiro atoms. The maximum absolute atomic E-state index is 14.1. The molecule has 156 valence electrons. The molecule has 6 nitrogen and oxygen atoms in total. The maximum atomic E-state index is 14.1. The van der Waals surface area contributed by atoms with Crippen molar-refractivity contribution in [2.24, 2.45) is 0 Å². The van der Waals surface area contributed by atoms with Gasteiger partial charge in [0.15, 0.2) is 5.69 Å². The van der Waals surface area contributed by atoms with E-state index in [9.17, 15) is 9.18 Å². The predicted molar refractivity (Wildman–Crippen MR) is 118 cm³/mol. The summed E-state index contributed by atoms with van der Waals surface area (Å²) in [6.45, 7) is 5.12. The van der Waals surface area contributed by atoms with E-state index in [1.54, 1.807) is 30.3 Å². The van der Waals surface area contributed by atoms with Gasteiger partial charge in [-0.1, -0.05) is 12.1 Å².